The first-order valence-electron chi connectivity index (χ1n) is 6.66. The Morgan fingerprint density at radius 2 is 2.11 bits per heavy atom. The van der Waals surface area contributed by atoms with E-state index in [1.807, 2.05) is 0 Å². The number of carbonyl (C=O) groups is 2. The van der Waals surface area contributed by atoms with Gasteiger partial charge < -0.3 is 14.5 Å². The lowest BCUT2D eigenvalue weighted by Crippen LogP contribution is -2.31. The summed E-state index contributed by atoms with van der Waals surface area (Å²) >= 11 is 0. The molecule has 3 rings (SSSR count). The highest BCUT2D eigenvalue weighted by Crippen LogP contribution is 2.26. The number of hydrogen-bond acceptors (Lipinski definition) is 4. The minimum atomic E-state index is -0.836. The summed E-state index contributed by atoms with van der Waals surface area (Å²) in [5, 5.41) is 12.9. The molecule has 1 fully saturated rings. The molecular formula is C13H16N2O4. The number of carboxylic acid groups (broad SMARTS) is 1. The predicted molar refractivity (Wildman–Crippen MR) is 64.8 cm³/mol. The van der Waals surface area contributed by atoms with Crippen molar-refractivity contribution in [2.24, 2.45) is 5.92 Å². The van der Waals surface area contributed by atoms with E-state index in [4.69, 9.17) is 9.63 Å². The summed E-state index contributed by atoms with van der Waals surface area (Å²) in [6, 6.07) is 0. The SMILES string of the molecule is O=C(O)C1CCN(C(=O)c2noc3c2CCCC3)C1. The minimum Gasteiger partial charge on any atom is -0.481 e. The number of carboxylic acids is 1. The van der Waals surface area contributed by atoms with E-state index in [2.05, 4.69) is 5.16 Å². The number of likely N-dealkylation sites (tertiary alicyclic amines) is 1. The van der Waals surface area contributed by atoms with E-state index < -0.39 is 11.9 Å². The average molecular weight is 264 g/mol. The Morgan fingerprint density at radius 3 is 2.84 bits per heavy atom. The van der Waals surface area contributed by atoms with Gasteiger partial charge in [0.25, 0.3) is 5.91 Å². The summed E-state index contributed by atoms with van der Waals surface area (Å²) in [7, 11) is 0. The van der Waals surface area contributed by atoms with E-state index in [0.29, 0.717) is 18.7 Å². The van der Waals surface area contributed by atoms with Gasteiger partial charge in [-0.15, -0.1) is 0 Å². The zero-order valence-electron chi connectivity index (χ0n) is 10.6. The molecule has 6 heteroatoms. The topological polar surface area (TPSA) is 83.6 Å². The molecule has 1 aromatic heterocycles. The summed E-state index contributed by atoms with van der Waals surface area (Å²) in [5.41, 5.74) is 1.32. The summed E-state index contributed by atoms with van der Waals surface area (Å²) < 4.78 is 5.23. The lowest BCUT2D eigenvalue weighted by molar-refractivity contribution is -0.141. The molecule has 1 saturated heterocycles. The van der Waals surface area contributed by atoms with Crippen LogP contribution in [0.25, 0.3) is 0 Å². The Labute approximate surface area is 110 Å². The van der Waals surface area contributed by atoms with Gasteiger partial charge in [-0.3, -0.25) is 9.59 Å². The number of carbonyl (C=O) groups excluding carboxylic acids is 1. The van der Waals surface area contributed by atoms with Crippen molar-refractivity contribution in [1.82, 2.24) is 10.1 Å². The minimum absolute atomic E-state index is 0.185. The molecule has 1 aromatic rings. The zero-order valence-corrected chi connectivity index (χ0v) is 10.6. The molecule has 6 nitrogen and oxygen atoms in total. The molecule has 2 heterocycles. The van der Waals surface area contributed by atoms with Crippen molar-refractivity contribution < 1.29 is 19.2 Å². The standard InChI is InChI=1S/C13H16N2O4/c16-12(15-6-5-8(7-15)13(17)18)11-9-3-1-2-4-10(9)19-14-11/h8H,1-7H2,(H,17,18). The maximum atomic E-state index is 12.4. The zero-order chi connectivity index (χ0) is 13.4. The molecular weight excluding hydrogens is 248 g/mol. The van der Waals surface area contributed by atoms with E-state index in [1.54, 1.807) is 4.90 Å². The molecule has 1 atom stereocenters. The Bertz CT molecular complexity index is 523. The highest BCUT2D eigenvalue weighted by Gasteiger charge is 2.34. The van der Waals surface area contributed by atoms with Gasteiger partial charge in [-0.05, 0) is 25.7 Å². The Kier molecular flexibility index (Phi) is 3.00. The van der Waals surface area contributed by atoms with Gasteiger partial charge >= 0.3 is 5.97 Å². The Balaban J connectivity index is 1.78. The Hall–Kier alpha value is -1.85. The van der Waals surface area contributed by atoms with Gasteiger partial charge in [0.15, 0.2) is 5.69 Å². The highest BCUT2D eigenvalue weighted by molar-refractivity contribution is 5.94. The van der Waals surface area contributed by atoms with Crippen LogP contribution in [0.1, 0.15) is 41.1 Å². The van der Waals surface area contributed by atoms with Crippen molar-refractivity contribution >= 4 is 11.9 Å². The molecule has 1 N–H and O–H groups in total. The molecule has 1 amide bonds. The van der Waals surface area contributed by atoms with E-state index in [0.717, 1.165) is 37.0 Å². The predicted octanol–water partition coefficient (Wildman–Crippen LogP) is 1.10. The van der Waals surface area contributed by atoms with Crippen molar-refractivity contribution in [2.45, 2.75) is 32.1 Å². The van der Waals surface area contributed by atoms with Crippen LogP contribution in [-0.2, 0) is 17.6 Å². The third-order valence-corrected chi connectivity index (χ3v) is 3.98. The van der Waals surface area contributed by atoms with Gasteiger partial charge in [-0.1, -0.05) is 5.16 Å². The monoisotopic (exact) mass is 264 g/mol. The second-order valence-electron chi connectivity index (χ2n) is 5.22. The second kappa shape index (κ2) is 4.68. The van der Waals surface area contributed by atoms with E-state index in [1.165, 1.54) is 0 Å². The average Bonchev–Trinajstić information content (AvgIpc) is 3.05. The molecule has 1 aliphatic carbocycles. The van der Waals surface area contributed by atoms with Crippen molar-refractivity contribution in [1.29, 1.82) is 0 Å². The van der Waals surface area contributed by atoms with Crippen LogP contribution in [0.3, 0.4) is 0 Å². The number of nitrogens with zero attached hydrogens (tertiary/aromatic N) is 2. The summed E-state index contributed by atoms with van der Waals surface area (Å²) in [5.74, 6) is -0.650. The maximum absolute atomic E-state index is 12.4. The fourth-order valence-electron chi connectivity index (χ4n) is 2.85. The molecule has 0 bridgehead atoms. The van der Waals surface area contributed by atoms with Crippen LogP contribution in [0, 0.1) is 5.92 Å². The van der Waals surface area contributed by atoms with Crippen LogP contribution in [0.15, 0.2) is 4.52 Å². The normalized spacial score (nSPS) is 22.3. The van der Waals surface area contributed by atoms with Crippen molar-refractivity contribution in [3.8, 4) is 0 Å². The van der Waals surface area contributed by atoms with Gasteiger partial charge in [-0.25, -0.2) is 0 Å². The van der Waals surface area contributed by atoms with Gasteiger partial charge in [-0.2, -0.15) is 0 Å². The van der Waals surface area contributed by atoms with Crippen LogP contribution in [0.4, 0.5) is 0 Å². The first-order chi connectivity index (χ1) is 9.16. The number of fused-ring (bicyclic) bond motifs is 1. The first kappa shape index (κ1) is 12.2. The lowest BCUT2D eigenvalue weighted by atomic mass is 9.96. The molecule has 0 aromatic carbocycles. The first-order valence-corrected chi connectivity index (χ1v) is 6.66. The van der Waals surface area contributed by atoms with Crippen molar-refractivity contribution in [2.75, 3.05) is 13.1 Å². The molecule has 1 aliphatic heterocycles. The number of aryl methyl sites for hydroxylation is 1. The molecule has 19 heavy (non-hydrogen) atoms. The number of hydrogen-bond donors (Lipinski definition) is 1. The van der Waals surface area contributed by atoms with Crippen molar-refractivity contribution in [3.05, 3.63) is 17.0 Å². The molecule has 2 aliphatic rings. The maximum Gasteiger partial charge on any atom is 0.308 e. The van der Waals surface area contributed by atoms with Crippen LogP contribution >= 0.6 is 0 Å². The molecule has 0 spiro atoms. The lowest BCUT2D eigenvalue weighted by Gasteiger charge is -2.15. The largest absolute Gasteiger partial charge is 0.481 e. The fourth-order valence-corrected chi connectivity index (χ4v) is 2.85. The van der Waals surface area contributed by atoms with Gasteiger partial charge in [0, 0.05) is 25.1 Å². The van der Waals surface area contributed by atoms with Crippen LogP contribution in [-0.4, -0.2) is 40.1 Å². The van der Waals surface area contributed by atoms with Gasteiger partial charge in [0.05, 0.1) is 5.92 Å². The number of aromatic nitrogens is 1. The van der Waals surface area contributed by atoms with Gasteiger partial charge in [0.1, 0.15) is 5.76 Å². The Morgan fingerprint density at radius 1 is 1.32 bits per heavy atom. The second-order valence-corrected chi connectivity index (χ2v) is 5.22. The number of rotatable bonds is 2. The van der Waals surface area contributed by atoms with Crippen LogP contribution < -0.4 is 0 Å². The molecule has 0 saturated carbocycles. The van der Waals surface area contributed by atoms with Crippen molar-refractivity contribution in [3.63, 3.8) is 0 Å². The van der Waals surface area contributed by atoms with Gasteiger partial charge in [0.2, 0.25) is 0 Å². The summed E-state index contributed by atoms with van der Waals surface area (Å²) in [6.07, 6.45) is 4.30. The number of aliphatic carboxylic acids is 1. The molecule has 1 unspecified atom stereocenters. The third kappa shape index (κ3) is 2.11. The smallest absolute Gasteiger partial charge is 0.308 e. The van der Waals surface area contributed by atoms with E-state index in [9.17, 15) is 9.59 Å². The van der Waals surface area contributed by atoms with Crippen LogP contribution in [0.5, 0.6) is 0 Å². The fraction of sp³-hybridized carbons (Fsp3) is 0.615. The molecule has 102 valence electrons. The summed E-state index contributed by atoms with van der Waals surface area (Å²) in [6.45, 7) is 0.757. The molecule has 0 radical (unpaired) electrons. The van der Waals surface area contributed by atoms with Crippen LogP contribution in [0.2, 0.25) is 0 Å². The quantitative estimate of drug-likeness (QED) is 0.864. The summed E-state index contributed by atoms with van der Waals surface area (Å²) in [4.78, 5) is 24.9. The van der Waals surface area contributed by atoms with E-state index in [-0.39, 0.29) is 12.5 Å². The third-order valence-electron chi connectivity index (χ3n) is 3.98. The van der Waals surface area contributed by atoms with E-state index >= 15 is 0 Å². The number of amides is 1. The highest BCUT2D eigenvalue weighted by atomic mass is 16.5.